The number of hydrogen-bond acceptors (Lipinski definition) is 5. The summed E-state index contributed by atoms with van der Waals surface area (Å²) in [5.41, 5.74) is -1.64. The number of hydrogen-bond donors (Lipinski definition) is 1. The SMILES string of the molecule is CCCC1=C(C(=O)OC)C(c2ccccc2C(F)(F)F)C([N+](=O)[O-])=C(C)N1. The molecule has 27 heavy (non-hydrogen) atoms. The molecular formula is C18H19F3N2O4. The third-order valence-electron chi connectivity index (χ3n) is 4.29. The van der Waals surface area contributed by atoms with Gasteiger partial charge in [-0.15, -0.1) is 0 Å². The molecule has 0 aromatic heterocycles. The van der Waals surface area contributed by atoms with Crippen LogP contribution in [0.1, 0.15) is 43.7 Å². The standard InChI is InChI=1S/C18H19F3N2O4/c1-4-7-13-15(17(24)27-3)14(16(23(25)26)10(2)22-13)11-8-5-6-9-12(11)18(19,20)21/h5-6,8-9,14,22H,4,7H2,1-3H3. The minimum atomic E-state index is -4.73. The van der Waals surface area contributed by atoms with E-state index in [2.05, 4.69) is 5.32 Å². The second-order valence-corrected chi connectivity index (χ2v) is 6.04. The lowest BCUT2D eigenvalue weighted by atomic mass is 9.81. The molecule has 146 valence electrons. The van der Waals surface area contributed by atoms with Gasteiger partial charge in [0.05, 0.1) is 28.9 Å². The lowest BCUT2D eigenvalue weighted by Crippen LogP contribution is -2.33. The van der Waals surface area contributed by atoms with Crippen molar-refractivity contribution in [2.24, 2.45) is 0 Å². The Morgan fingerprint density at radius 3 is 2.48 bits per heavy atom. The Labute approximate surface area is 153 Å². The van der Waals surface area contributed by atoms with Crippen LogP contribution < -0.4 is 5.32 Å². The minimum absolute atomic E-state index is 0.0954. The van der Waals surface area contributed by atoms with Crippen LogP contribution in [0.4, 0.5) is 13.2 Å². The van der Waals surface area contributed by atoms with E-state index in [1.54, 1.807) is 0 Å². The smallest absolute Gasteiger partial charge is 0.416 e. The van der Waals surface area contributed by atoms with Gasteiger partial charge in [0.1, 0.15) is 5.92 Å². The number of allylic oxidation sites excluding steroid dienone is 3. The molecule has 6 nitrogen and oxygen atoms in total. The Balaban J connectivity index is 2.85. The van der Waals surface area contributed by atoms with Gasteiger partial charge in [-0.05, 0) is 25.0 Å². The molecule has 1 aliphatic heterocycles. The van der Waals surface area contributed by atoms with E-state index in [0.717, 1.165) is 19.2 Å². The van der Waals surface area contributed by atoms with Crippen molar-refractivity contribution in [3.05, 3.63) is 68.2 Å². The topological polar surface area (TPSA) is 81.5 Å². The summed E-state index contributed by atoms with van der Waals surface area (Å²) in [5.74, 6) is -2.40. The zero-order chi connectivity index (χ0) is 20.4. The predicted octanol–water partition coefficient (Wildman–Crippen LogP) is 4.13. The zero-order valence-electron chi connectivity index (χ0n) is 15.0. The number of nitro groups is 1. The number of ether oxygens (including phenoxy) is 1. The molecule has 0 bridgehead atoms. The molecule has 2 rings (SSSR count). The molecule has 1 aliphatic rings. The normalized spacial score (nSPS) is 17.6. The van der Waals surface area contributed by atoms with Gasteiger partial charge in [0.15, 0.2) is 0 Å². The number of dihydropyridines is 1. The summed E-state index contributed by atoms with van der Waals surface area (Å²) in [5, 5.41) is 14.5. The van der Waals surface area contributed by atoms with Crippen LogP contribution in [-0.4, -0.2) is 18.0 Å². The zero-order valence-corrected chi connectivity index (χ0v) is 15.0. The molecule has 1 aromatic carbocycles. The average molecular weight is 384 g/mol. The first-order valence-electron chi connectivity index (χ1n) is 8.23. The quantitative estimate of drug-likeness (QED) is 0.469. The fourth-order valence-electron chi connectivity index (χ4n) is 3.24. The molecule has 0 amide bonds. The first-order valence-corrected chi connectivity index (χ1v) is 8.23. The number of benzene rings is 1. The molecule has 0 saturated heterocycles. The van der Waals surface area contributed by atoms with Crippen molar-refractivity contribution >= 4 is 5.97 Å². The largest absolute Gasteiger partial charge is 0.466 e. The molecule has 0 saturated carbocycles. The molecule has 0 fully saturated rings. The van der Waals surface area contributed by atoms with Crippen molar-refractivity contribution in [1.29, 1.82) is 0 Å². The van der Waals surface area contributed by atoms with Crippen molar-refractivity contribution in [2.75, 3.05) is 7.11 Å². The second-order valence-electron chi connectivity index (χ2n) is 6.04. The van der Waals surface area contributed by atoms with Crippen LogP contribution in [0.2, 0.25) is 0 Å². The summed E-state index contributed by atoms with van der Waals surface area (Å²) >= 11 is 0. The van der Waals surface area contributed by atoms with Gasteiger partial charge in [-0.1, -0.05) is 31.5 Å². The summed E-state index contributed by atoms with van der Waals surface area (Å²) < 4.78 is 45.4. The number of nitrogens with zero attached hydrogens (tertiary/aromatic N) is 1. The molecule has 0 aliphatic carbocycles. The number of halogens is 3. The van der Waals surface area contributed by atoms with Gasteiger partial charge >= 0.3 is 12.1 Å². The molecule has 9 heteroatoms. The Kier molecular flexibility index (Phi) is 5.92. The van der Waals surface area contributed by atoms with Crippen LogP contribution in [-0.2, 0) is 15.7 Å². The molecule has 0 radical (unpaired) electrons. The third kappa shape index (κ3) is 3.96. The minimum Gasteiger partial charge on any atom is -0.466 e. The van der Waals surface area contributed by atoms with Gasteiger partial charge in [-0.2, -0.15) is 13.2 Å². The van der Waals surface area contributed by atoms with E-state index in [1.807, 2.05) is 6.92 Å². The van der Waals surface area contributed by atoms with E-state index in [-0.39, 0.29) is 16.8 Å². The molecular weight excluding hydrogens is 365 g/mol. The van der Waals surface area contributed by atoms with E-state index in [9.17, 15) is 28.1 Å². The van der Waals surface area contributed by atoms with E-state index >= 15 is 0 Å². The molecule has 0 spiro atoms. The maximum atomic E-state index is 13.6. The van der Waals surface area contributed by atoms with Crippen molar-refractivity contribution < 1.29 is 27.6 Å². The van der Waals surface area contributed by atoms with Crippen LogP contribution in [0.5, 0.6) is 0 Å². The summed E-state index contributed by atoms with van der Waals surface area (Å²) in [7, 11) is 1.09. The first-order chi connectivity index (χ1) is 12.6. The van der Waals surface area contributed by atoms with Crippen molar-refractivity contribution in [2.45, 2.75) is 38.8 Å². The van der Waals surface area contributed by atoms with Crippen molar-refractivity contribution in [3.63, 3.8) is 0 Å². The lowest BCUT2D eigenvalue weighted by molar-refractivity contribution is -0.431. The predicted molar refractivity (Wildman–Crippen MR) is 91.0 cm³/mol. The number of nitrogens with one attached hydrogen (secondary N) is 1. The second kappa shape index (κ2) is 7.81. The summed E-state index contributed by atoms with van der Waals surface area (Å²) in [4.78, 5) is 23.3. The van der Waals surface area contributed by atoms with Gasteiger partial charge in [0.25, 0.3) is 5.70 Å². The Bertz CT molecular complexity index is 828. The van der Waals surface area contributed by atoms with Crippen LogP contribution in [0.15, 0.2) is 46.9 Å². The van der Waals surface area contributed by atoms with Crippen LogP contribution >= 0.6 is 0 Å². The molecule has 1 atom stereocenters. The van der Waals surface area contributed by atoms with Crippen LogP contribution in [0.3, 0.4) is 0 Å². The van der Waals surface area contributed by atoms with Gasteiger partial charge in [-0.3, -0.25) is 10.1 Å². The van der Waals surface area contributed by atoms with E-state index in [4.69, 9.17) is 4.74 Å². The van der Waals surface area contributed by atoms with Crippen LogP contribution in [0.25, 0.3) is 0 Å². The fraction of sp³-hybridized carbons (Fsp3) is 0.389. The van der Waals surface area contributed by atoms with Gasteiger partial charge in [0, 0.05) is 5.70 Å². The highest BCUT2D eigenvalue weighted by Crippen LogP contribution is 2.44. The van der Waals surface area contributed by atoms with E-state index in [0.29, 0.717) is 18.5 Å². The summed E-state index contributed by atoms with van der Waals surface area (Å²) in [6.45, 7) is 3.23. The number of alkyl halides is 3. The van der Waals surface area contributed by atoms with Gasteiger partial charge < -0.3 is 10.1 Å². The Hall–Kier alpha value is -2.84. The Morgan fingerprint density at radius 2 is 1.96 bits per heavy atom. The third-order valence-corrected chi connectivity index (χ3v) is 4.29. The summed E-state index contributed by atoms with van der Waals surface area (Å²) in [6.07, 6.45) is -3.82. The maximum Gasteiger partial charge on any atom is 0.416 e. The number of rotatable bonds is 5. The maximum absolute atomic E-state index is 13.6. The monoisotopic (exact) mass is 384 g/mol. The highest BCUT2D eigenvalue weighted by atomic mass is 19.4. The molecule has 1 aromatic rings. The van der Waals surface area contributed by atoms with E-state index < -0.39 is 34.2 Å². The highest BCUT2D eigenvalue weighted by Gasteiger charge is 2.45. The van der Waals surface area contributed by atoms with Crippen molar-refractivity contribution in [3.8, 4) is 0 Å². The first kappa shape index (κ1) is 20.5. The van der Waals surface area contributed by atoms with E-state index in [1.165, 1.54) is 19.1 Å². The molecule has 1 unspecified atom stereocenters. The number of esters is 1. The van der Waals surface area contributed by atoms with Crippen molar-refractivity contribution in [1.82, 2.24) is 5.32 Å². The number of carbonyl (C=O) groups excluding carboxylic acids is 1. The number of methoxy groups -OCH3 is 1. The highest BCUT2D eigenvalue weighted by molar-refractivity contribution is 5.92. The number of carbonyl (C=O) groups is 1. The van der Waals surface area contributed by atoms with Gasteiger partial charge in [0.2, 0.25) is 0 Å². The average Bonchev–Trinajstić information content (AvgIpc) is 2.59. The molecule has 1 heterocycles. The fourth-order valence-corrected chi connectivity index (χ4v) is 3.24. The summed E-state index contributed by atoms with van der Waals surface area (Å²) in [6, 6.07) is 4.55. The Morgan fingerprint density at radius 1 is 1.33 bits per heavy atom. The lowest BCUT2D eigenvalue weighted by Gasteiger charge is -2.29. The van der Waals surface area contributed by atoms with Crippen LogP contribution in [0, 0.1) is 10.1 Å². The molecule has 1 N–H and O–H groups in total. The van der Waals surface area contributed by atoms with Gasteiger partial charge in [-0.25, -0.2) is 4.79 Å².